The van der Waals surface area contributed by atoms with Crippen molar-refractivity contribution in [2.45, 2.75) is 18.1 Å². The standard InChI is InChI=1S/C16H13ClF4N2O2/c1-25-14(24)7-15(22,13-3-2-11(17)8-23-13)9-4-10(16(19,20)21)6-12(18)5-9/h2-6,8H,7,22H2,1H3. The van der Waals surface area contributed by atoms with E-state index in [1.165, 1.54) is 18.3 Å². The Balaban J connectivity index is 2.65. The number of halogens is 5. The maximum Gasteiger partial charge on any atom is 0.416 e. The molecule has 1 atom stereocenters. The molecule has 2 rings (SSSR count). The molecule has 0 bridgehead atoms. The van der Waals surface area contributed by atoms with Crippen LogP contribution in [0.15, 0.2) is 36.5 Å². The fourth-order valence-corrected chi connectivity index (χ4v) is 2.40. The quantitative estimate of drug-likeness (QED) is 0.653. The van der Waals surface area contributed by atoms with Crippen molar-refractivity contribution in [3.8, 4) is 0 Å². The molecule has 1 heterocycles. The lowest BCUT2D eigenvalue weighted by atomic mass is 9.83. The number of pyridine rings is 1. The molecule has 4 nitrogen and oxygen atoms in total. The second-order valence-corrected chi connectivity index (χ2v) is 5.75. The average Bonchev–Trinajstić information content (AvgIpc) is 2.53. The lowest BCUT2D eigenvalue weighted by Crippen LogP contribution is -2.41. The summed E-state index contributed by atoms with van der Waals surface area (Å²) in [7, 11) is 1.10. The van der Waals surface area contributed by atoms with E-state index >= 15 is 0 Å². The van der Waals surface area contributed by atoms with Crippen LogP contribution in [0.2, 0.25) is 5.02 Å². The van der Waals surface area contributed by atoms with Gasteiger partial charge in [-0.25, -0.2) is 4.39 Å². The molecule has 1 aromatic carbocycles. The van der Waals surface area contributed by atoms with Crippen molar-refractivity contribution >= 4 is 17.6 Å². The number of nitrogens with two attached hydrogens (primary N) is 1. The van der Waals surface area contributed by atoms with Gasteiger partial charge < -0.3 is 10.5 Å². The molecule has 134 valence electrons. The summed E-state index contributed by atoms with van der Waals surface area (Å²) in [5, 5.41) is 0.263. The third-order valence-electron chi connectivity index (χ3n) is 3.58. The molecule has 0 spiro atoms. The monoisotopic (exact) mass is 376 g/mol. The van der Waals surface area contributed by atoms with Crippen molar-refractivity contribution in [3.05, 3.63) is 64.2 Å². The van der Waals surface area contributed by atoms with Crippen LogP contribution in [0.1, 0.15) is 23.2 Å². The molecule has 0 radical (unpaired) electrons. The second-order valence-electron chi connectivity index (χ2n) is 5.31. The number of hydrogen-bond donors (Lipinski definition) is 1. The van der Waals surface area contributed by atoms with Crippen LogP contribution in [0.3, 0.4) is 0 Å². The third-order valence-corrected chi connectivity index (χ3v) is 3.80. The molecule has 25 heavy (non-hydrogen) atoms. The van der Waals surface area contributed by atoms with E-state index in [4.69, 9.17) is 17.3 Å². The maximum atomic E-state index is 13.8. The van der Waals surface area contributed by atoms with Gasteiger partial charge in [0.15, 0.2) is 0 Å². The number of rotatable bonds is 4. The van der Waals surface area contributed by atoms with Gasteiger partial charge >= 0.3 is 12.1 Å². The maximum absolute atomic E-state index is 13.8. The first-order valence-electron chi connectivity index (χ1n) is 6.92. The predicted octanol–water partition coefficient (Wildman–Crippen LogP) is 3.66. The largest absolute Gasteiger partial charge is 0.469 e. The van der Waals surface area contributed by atoms with Gasteiger partial charge in [0.2, 0.25) is 0 Å². The number of benzene rings is 1. The van der Waals surface area contributed by atoms with Gasteiger partial charge in [0.1, 0.15) is 5.82 Å². The molecule has 1 unspecified atom stereocenters. The molecule has 0 aliphatic rings. The number of hydrogen-bond acceptors (Lipinski definition) is 4. The van der Waals surface area contributed by atoms with Crippen molar-refractivity contribution in [2.75, 3.05) is 7.11 Å². The number of ether oxygens (including phenoxy) is 1. The summed E-state index contributed by atoms with van der Waals surface area (Å²) in [6.07, 6.45) is -4.10. The Labute approximate surface area is 145 Å². The lowest BCUT2D eigenvalue weighted by Gasteiger charge is -2.29. The average molecular weight is 377 g/mol. The third kappa shape index (κ3) is 4.26. The predicted molar refractivity (Wildman–Crippen MR) is 82.2 cm³/mol. The van der Waals surface area contributed by atoms with E-state index in [-0.39, 0.29) is 16.3 Å². The van der Waals surface area contributed by atoms with E-state index in [1.807, 2.05) is 0 Å². The zero-order chi connectivity index (χ0) is 18.8. The first-order chi connectivity index (χ1) is 11.6. The Bertz CT molecular complexity index is 781. The van der Waals surface area contributed by atoms with Gasteiger partial charge in [0, 0.05) is 6.20 Å². The van der Waals surface area contributed by atoms with Gasteiger partial charge in [-0.1, -0.05) is 11.6 Å². The van der Waals surface area contributed by atoms with Crippen LogP contribution < -0.4 is 5.73 Å². The van der Waals surface area contributed by atoms with Crippen molar-refractivity contribution < 1.29 is 27.1 Å². The highest BCUT2D eigenvalue weighted by Gasteiger charge is 2.38. The molecule has 0 aliphatic carbocycles. The first-order valence-corrected chi connectivity index (χ1v) is 7.30. The van der Waals surface area contributed by atoms with Crippen molar-refractivity contribution in [2.24, 2.45) is 5.73 Å². The minimum atomic E-state index is -4.78. The number of carbonyl (C=O) groups excluding carboxylic acids is 1. The Hall–Kier alpha value is -2.19. The Morgan fingerprint density at radius 1 is 1.24 bits per heavy atom. The summed E-state index contributed by atoms with van der Waals surface area (Å²) in [6, 6.07) is 4.62. The molecular formula is C16H13ClF4N2O2. The minimum absolute atomic E-state index is 0.0426. The smallest absolute Gasteiger partial charge is 0.416 e. The molecule has 0 saturated carbocycles. The summed E-state index contributed by atoms with van der Waals surface area (Å²) in [6.45, 7) is 0. The number of methoxy groups -OCH3 is 1. The van der Waals surface area contributed by atoms with E-state index in [9.17, 15) is 22.4 Å². The molecule has 1 aromatic heterocycles. The summed E-state index contributed by atoms with van der Waals surface area (Å²) in [4.78, 5) is 15.7. The zero-order valence-electron chi connectivity index (χ0n) is 12.9. The number of aromatic nitrogens is 1. The van der Waals surface area contributed by atoms with Gasteiger partial charge in [-0.2, -0.15) is 13.2 Å². The van der Waals surface area contributed by atoms with Crippen molar-refractivity contribution in [1.29, 1.82) is 0 Å². The number of alkyl halides is 3. The van der Waals surface area contributed by atoms with Gasteiger partial charge in [0.25, 0.3) is 0 Å². The molecule has 2 aromatic rings. The molecule has 0 saturated heterocycles. The Morgan fingerprint density at radius 3 is 2.40 bits per heavy atom. The lowest BCUT2D eigenvalue weighted by molar-refractivity contribution is -0.141. The highest BCUT2D eigenvalue weighted by molar-refractivity contribution is 6.30. The van der Waals surface area contributed by atoms with Crippen LogP contribution in [-0.2, 0) is 21.2 Å². The highest BCUT2D eigenvalue weighted by Crippen LogP contribution is 2.36. The molecule has 0 amide bonds. The Kier molecular flexibility index (Phi) is 5.34. The van der Waals surface area contributed by atoms with Crippen LogP contribution in [0.25, 0.3) is 0 Å². The van der Waals surface area contributed by atoms with E-state index in [0.717, 1.165) is 13.2 Å². The molecule has 0 fully saturated rings. The SMILES string of the molecule is COC(=O)CC(N)(c1cc(F)cc(C(F)(F)F)c1)c1ccc(Cl)cn1. The summed E-state index contributed by atoms with van der Waals surface area (Å²) >= 11 is 5.75. The first kappa shape index (κ1) is 19.1. The van der Waals surface area contributed by atoms with Crippen LogP contribution in [0, 0.1) is 5.82 Å². The summed E-state index contributed by atoms with van der Waals surface area (Å²) in [5.41, 5.74) is 2.93. The van der Waals surface area contributed by atoms with Gasteiger partial charge in [-0.15, -0.1) is 0 Å². The van der Waals surface area contributed by atoms with E-state index < -0.39 is 35.5 Å². The number of esters is 1. The topological polar surface area (TPSA) is 65.2 Å². The summed E-state index contributed by atoms with van der Waals surface area (Å²) in [5.74, 6) is -1.93. The van der Waals surface area contributed by atoms with Crippen LogP contribution >= 0.6 is 11.6 Å². The zero-order valence-corrected chi connectivity index (χ0v) is 13.7. The van der Waals surface area contributed by atoms with E-state index in [1.54, 1.807) is 0 Å². The number of nitrogens with zero attached hydrogens (tertiary/aromatic N) is 1. The van der Waals surface area contributed by atoms with Crippen molar-refractivity contribution in [1.82, 2.24) is 4.98 Å². The normalized spacial score (nSPS) is 14.0. The molecule has 9 heteroatoms. The van der Waals surface area contributed by atoms with E-state index in [0.29, 0.717) is 12.1 Å². The fraction of sp³-hybridized carbons (Fsp3) is 0.250. The number of carbonyl (C=O) groups is 1. The second kappa shape index (κ2) is 6.97. The van der Waals surface area contributed by atoms with Gasteiger partial charge in [0.05, 0.1) is 35.3 Å². The highest BCUT2D eigenvalue weighted by atomic mass is 35.5. The molecular weight excluding hydrogens is 364 g/mol. The van der Waals surface area contributed by atoms with Gasteiger partial charge in [-0.05, 0) is 35.9 Å². The van der Waals surface area contributed by atoms with Crippen LogP contribution in [0.5, 0.6) is 0 Å². The van der Waals surface area contributed by atoms with Gasteiger partial charge in [-0.3, -0.25) is 9.78 Å². The van der Waals surface area contributed by atoms with Crippen molar-refractivity contribution in [3.63, 3.8) is 0 Å². The molecule has 2 N–H and O–H groups in total. The van der Waals surface area contributed by atoms with Crippen LogP contribution in [0.4, 0.5) is 17.6 Å². The minimum Gasteiger partial charge on any atom is -0.469 e. The van der Waals surface area contributed by atoms with Crippen LogP contribution in [-0.4, -0.2) is 18.1 Å². The van der Waals surface area contributed by atoms with E-state index in [2.05, 4.69) is 9.72 Å². The molecule has 0 aliphatic heterocycles. The Morgan fingerprint density at radius 2 is 1.88 bits per heavy atom. The summed E-state index contributed by atoms with van der Waals surface area (Å²) < 4.78 is 57.3. The fourth-order valence-electron chi connectivity index (χ4n) is 2.29.